The Kier molecular flexibility index (Phi) is 7.08. The van der Waals surface area contributed by atoms with Crippen LogP contribution >= 0.6 is 0 Å². The molecule has 1 saturated heterocycles. The Balaban J connectivity index is 1.49. The maximum atomic E-state index is 13.3. The van der Waals surface area contributed by atoms with Crippen molar-refractivity contribution in [1.82, 2.24) is 14.9 Å². The van der Waals surface area contributed by atoms with Crippen LogP contribution in [0.25, 0.3) is 6.08 Å². The lowest BCUT2D eigenvalue weighted by Gasteiger charge is -2.33. The maximum absolute atomic E-state index is 13.3. The van der Waals surface area contributed by atoms with Crippen molar-refractivity contribution in [3.05, 3.63) is 59.8 Å². The second kappa shape index (κ2) is 9.94. The number of halogens is 1. The van der Waals surface area contributed by atoms with Crippen LogP contribution in [0.3, 0.4) is 0 Å². The number of hydrogen-bond acceptors (Lipinski definition) is 6. The molecule has 1 atom stereocenters. The number of esters is 1. The van der Waals surface area contributed by atoms with Crippen molar-refractivity contribution in [3.8, 4) is 0 Å². The largest absolute Gasteiger partial charge is 0.466 e. The van der Waals surface area contributed by atoms with Gasteiger partial charge in [-0.25, -0.2) is 14.2 Å². The van der Waals surface area contributed by atoms with E-state index in [1.807, 2.05) is 6.07 Å². The molecule has 0 unspecified atom stereocenters. The highest BCUT2D eigenvalue weighted by Crippen LogP contribution is 2.15. The van der Waals surface area contributed by atoms with Crippen LogP contribution in [0, 0.1) is 5.82 Å². The average molecular weight is 384 g/mol. The lowest BCUT2D eigenvalue weighted by atomic mass is 10.0. The van der Waals surface area contributed by atoms with Crippen LogP contribution in [0.4, 0.5) is 10.2 Å². The third kappa shape index (κ3) is 6.13. The van der Waals surface area contributed by atoms with Gasteiger partial charge in [-0.2, -0.15) is 0 Å². The van der Waals surface area contributed by atoms with Gasteiger partial charge in [-0.15, -0.1) is 0 Å². The fourth-order valence-electron chi connectivity index (χ4n) is 3.29. The number of rotatable bonds is 7. The molecule has 2 heterocycles. The van der Waals surface area contributed by atoms with E-state index in [2.05, 4.69) is 24.9 Å². The summed E-state index contributed by atoms with van der Waals surface area (Å²) in [7, 11) is 1.33. The van der Waals surface area contributed by atoms with E-state index >= 15 is 0 Å². The molecule has 0 bridgehead atoms. The van der Waals surface area contributed by atoms with Gasteiger partial charge < -0.3 is 15.0 Å². The third-order valence-electron chi connectivity index (χ3n) is 4.73. The van der Waals surface area contributed by atoms with Gasteiger partial charge >= 0.3 is 5.97 Å². The molecule has 148 valence electrons. The molecule has 7 heteroatoms. The Morgan fingerprint density at radius 2 is 2.29 bits per heavy atom. The van der Waals surface area contributed by atoms with E-state index < -0.39 is 5.97 Å². The predicted molar refractivity (Wildman–Crippen MR) is 106 cm³/mol. The van der Waals surface area contributed by atoms with Gasteiger partial charge in [0, 0.05) is 25.2 Å². The summed E-state index contributed by atoms with van der Waals surface area (Å²) >= 11 is 0. The highest BCUT2D eigenvalue weighted by molar-refractivity contribution is 5.86. The van der Waals surface area contributed by atoms with E-state index in [1.54, 1.807) is 30.6 Å². The van der Waals surface area contributed by atoms with Gasteiger partial charge in [0.1, 0.15) is 11.6 Å². The minimum Gasteiger partial charge on any atom is -0.466 e. The van der Waals surface area contributed by atoms with E-state index in [4.69, 9.17) is 0 Å². The van der Waals surface area contributed by atoms with Gasteiger partial charge in [-0.05, 0) is 49.6 Å². The fraction of sp³-hybridized carbons (Fsp3) is 0.381. The van der Waals surface area contributed by atoms with Crippen molar-refractivity contribution in [3.63, 3.8) is 0 Å². The van der Waals surface area contributed by atoms with Crippen LogP contribution in [-0.4, -0.2) is 53.6 Å². The van der Waals surface area contributed by atoms with E-state index in [0.29, 0.717) is 17.6 Å². The average Bonchev–Trinajstić information content (AvgIpc) is 2.72. The number of carbonyl (C=O) groups is 1. The second-order valence-electron chi connectivity index (χ2n) is 6.85. The van der Waals surface area contributed by atoms with Crippen LogP contribution in [0.2, 0.25) is 0 Å². The molecule has 0 radical (unpaired) electrons. The second-order valence-corrected chi connectivity index (χ2v) is 6.85. The molecule has 1 fully saturated rings. The molecular formula is C21H25FN4O2. The van der Waals surface area contributed by atoms with E-state index in [1.165, 1.54) is 19.3 Å². The number of aromatic nitrogens is 2. The number of nitrogens with zero attached hydrogens (tertiary/aromatic N) is 3. The minimum atomic E-state index is -0.426. The molecule has 0 saturated carbocycles. The maximum Gasteiger partial charge on any atom is 0.330 e. The lowest BCUT2D eigenvalue weighted by Crippen LogP contribution is -2.43. The molecular weight excluding hydrogens is 359 g/mol. The molecule has 1 N–H and O–H groups in total. The molecule has 0 spiro atoms. The SMILES string of the molecule is COC(=O)/C=C/c1cnc(N[C@@H]2CCCN(CCc3cccc(F)c3)C2)cn1. The third-order valence-corrected chi connectivity index (χ3v) is 4.73. The normalized spacial score (nSPS) is 17.6. The number of piperidine rings is 1. The minimum absolute atomic E-state index is 0.181. The lowest BCUT2D eigenvalue weighted by molar-refractivity contribution is -0.134. The summed E-state index contributed by atoms with van der Waals surface area (Å²) in [5, 5.41) is 3.43. The first-order valence-electron chi connectivity index (χ1n) is 9.44. The van der Waals surface area contributed by atoms with Gasteiger partial charge in [0.25, 0.3) is 0 Å². The Bertz CT molecular complexity index is 810. The number of benzene rings is 1. The molecule has 1 aromatic heterocycles. The summed E-state index contributed by atoms with van der Waals surface area (Å²) in [6, 6.07) is 7.10. The Hall–Kier alpha value is -2.80. The first kappa shape index (κ1) is 19.9. The standard InChI is InChI=1S/C21H25FN4O2/c1-28-21(27)8-7-18-13-24-20(14-23-18)25-19-6-3-10-26(15-19)11-9-16-4-2-5-17(22)12-16/h2,4-5,7-8,12-14,19H,3,6,9-11,15H2,1H3,(H,24,25)/b8-7+/t19-/m1/s1. The summed E-state index contributed by atoms with van der Waals surface area (Å²) in [6.07, 6.45) is 9.18. The topological polar surface area (TPSA) is 67.3 Å². The van der Waals surface area contributed by atoms with Crippen LogP contribution in [0.1, 0.15) is 24.1 Å². The van der Waals surface area contributed by atoms with Crippen molar-refractivity contribution in [2.24, 2.45) is 0 Å². The zero-order valence-corrected chi connectivity index (χ0v) is 16.0. The zero-order chi connectivity index (χ0) is 19.8. The van der Waals surface area contributed by atoms with Gasteiger partial charge in [0.15, 0.2) is 0 Å². The molecule has 0 amide bonds. The van der Waals surface area contributed by atoms with Crippen LogP contribution in [-0.2, 0) is 16.0 Å². The van der Waals surface area contributed by atoms with Gasteiger partial charge in [-0.3, -0.25) is 4.98 Å². The van der Waals surface area contributed by atoms with Crippen LogP contribution < -0.4 is 5.32 Å². The van der Waals surface area contributed by atoms with Gasteiger partial charge in [0.2, 0.25) is 0 Å². The summed E-state index contributed by atoms with van der Waals surface area (Å²) in [5.74, 6) is 0.107. The van der Waals surface area contributed by atoms with Crippen molar-refractivity contribution in [2.75, 3.05) is 32.1 Å². The molecule has 1 aliphatic rings. The quantitative estimate of drug-likeness (QED) is 0.585. The molecule has 2 aromatic rings. The summed E-state index contributed by atoms with van der Waals surface area (Å²) in [4.78, 5) is 22.2. The number of ether oxygens (including phenoxy) is 1. The highest BCUT2D eigenvalue weighted by atomic mass is 19.1. The zero-order valence-electron chi connectivity index (χ0n) is 16.0. The molecule has 3 rings (SSSR count). The van der Waals surface area contributed by atoms with E-state index in [0.717, 1.165) is 44.5 Å². The van der Waals surface area contributed by atoms with E-state index in [-0.39, 0.29) is 5.82 Å². The molecule has 0 aliphatic carbocycles. The van der Waals surface area contributed by atoms with E-state index in [9.17, 15) is 9.18 Å². The number of methoxy groups -OCH3 is 1. The number of carbonyl (C=O) groups excluding carboxylic acids is 1. The van der Waals surface area contributed by atoms with Crippen LogP contribution in [0.5, 0.6) is 0 Å². The van der Waals surface area contributed by atoms with Gasteiger partial charge in [-0.1, -0.05) is 12.1 Å². The fourth-order valence-corrected chi connectivity index (χ4v) is 3.29. The highest BCUT2D eigenvalue weighted by Gasteiger charge is 2.20. The number of likely N-dealkylation sites (tertiary alicyclic amines) is 1. The Morgan fingerprint density at radius 3 is 3.04 bits per heavy atom. The number of anilines is 1. The number of hydrogen-bond donors (Lipinski definition) is 1. The van der Waals surface area contributed by atoms with Crippen molar-refractivity contribution in [1.29, 1.82) is 0 Å². The number of nitrogens with one attached hydrogen (secondary N) is 1. The molecule has 1 aliphatic heterocycles. The molecule has 28 heavy (non-hydrogen) atoms. The first-order chi connectivity index (χ1) is 13.6. The summed E-state index contributed by atoms with van der Waals surface area (Å²) in [6.45, 7) is 2.88. The van der Waals surface area contributed by atoms with Crippen LogP contribution in [0.15, 0.2) is 42.7 Å². The van der Waals surface area contributed by atoms with Crippen molar-refractivity contribution in [2.45, 2.75) is 25.3 Å². The van der Waals surface area contributed by atoms with Crippen molar-refractivity contribution < 1.29 is 13.9 Å². The molecule has 6 nitrogen and oxygen atoms in total. The Labute approximate surface area is 164 Å². The monoisotopic (exact) mass is 384 g/mol. The predicted octanol–water partition coefficient (Wildman–Crippen LogP) is 2.92. The van der Waals surface area contributed by atoms with Gasteiger partial charge in [0.05, 0.1) is 25.2 Å². The smallest absolute Gasteiger partial charge is 0.330 e. The molecule has 1 aromatic carbocycles. The first-order valence-corrected chi connectivity index (χ1v) is 9.44. The summed E-state index contributed by atoms with van der Waals surface area (Å²) in [5.41, 5.74) is 1.62. The Morgan fingerprint density at radius 1 is 1.39 bits per heavy atom. The summed E-state index contributed by atoms with van der Waals surface area (Å²) < 4.78 is 17.9. The van der Waals surface area contributed by atoms with Crippen molar-refractivity contribution >= 4 is 17.9 Å².